The van der Waals surface area contributed by atoms with Crippen LogP contribution in [0.15, 0.2) is 18.2 Å². The lowest BCUT2D eigenvalue weighted by Gasteiger charge is -2.22. The van der Waals surface area contributed by atoms with E-state index < -0.39 is 23.6 Å². The maximum Gasteiger partial charge on any atom is 0.328 e. The predicted molar refractivity (Wildman–Crippen MR) is 83.9 cm³/mol. The van der Waals surface area contributed by atoms with Crippen LogP contribution in [-0.4, -0.2) is 23.6 Å². The van der Waals surface area contributed by atoms with Gasteiger partial charge in [-0.3, -0.25) is 0 Å². The Hall–Kier alpha value is -1.46. The highest BCUT2D eigenvalue weighted by molar-refractivity contribution is 6.35. The number of esters is 1. The molecule has 0 bridgehead atoms. The third kappa shape index (κ3) is 6.69. The molecule has 0 heterocycles. The molecule has 0 aliphatic carbocycles. The molecule has 0 aliphatic rings. The third-order valence-electron chi connectivity index (χ3n) is 2.23. The largest absolute Gasteiger partial charge is 0.458 e. The number of benzene rings is 1. The molecule has 1 atom stereocenters. The SMILES string of the molecule is C[C@@H](NC(=O)Nc1cc(Cl)cc(Cl)c1)C(=O)OC(C)(C)C. The number of hydrogen-bond acceptors (Lipinski definition) is 3. The van der Waals surface area contributed by atoms with Crippen molar-refractivity contribution in [2.24, 2.45) is 0 Å². The average Bonchev–Trinajstić information content (AvgIpc) is 2.24. The summed E-state index contributed by atoms with van der Waals surface area (Å²) in [5, 5.41) is 5.83. The Balaban J connectivity index is 2.59. The summed E-state index contributed by atoms with van der Waals surface area (Å²) in [6.45, 7) is 6.81. The molecule has 2 amide bonds. The normalized spacial score (nSPS) is 12.5. The van der Waals surface area contributed by atoms with Gasteiger partial charge in [0.2, 0.25) is 0 Å². The molecule has 0 spiro atoms. The number of nitrogens with one attached hydrogen (secondary N) is 2. The first-order chi connectivity index (χ1) is 9.56. The lowest BCUT2D eigenvalue weighted by Crippen LogP contribution is -2.43. The van der Waals surface area contributed by atoms with Crippen LogP contribution < -0.4 is 10.6 Å². The summed E-state index contributed by atoms with van der Waals surface area (Å²) < 4.78 is 5.17. The van der Waals surface area contributed by atoms with E-state index in [0.29, 0.717) is 15.7 Å². The first kappa shape index (κ1) is 17.6. The number of amides is 2. The van der Waals surface area contributed by atoms with E-state index in [4.69, 9.17) is 27.9 Å². The number of anilines is 1. The Morgan fingerprint density at radius 1 is 1.14 bits per heavy atom. The number of rotatable bonds is 3. The molecular formula is C14H18Cl2N2O3. The molecule has 2 N–H and O–H groups in total. The summed E-state index contributed by atoms with van der Waals surface area (Å²) >= 11 is 11.7. The topological polar surface area (TPSA) is 67.4 Å². The van der Waals surface area contributed by atoms with E-state index in [1.165, 1.54) is 0 Å². The summed E-state index contributed by atoms with van der Waals surface area (Å²) in [7, 11) is 0. The van der Waals surface area contributed by atoms with Crippen LogP contribution in [0.2, 0.25) is 10.0 Å². The summed E-state index contributed by atoms with van der Waals surface area (Å²) in [6, 6.07) is 3.32. The molecule has 0 saturated carbocycles. The Bertz CT molecular complexity index is 521. The van der Waals surface area contributed by atoms with Crippen LogP contribution in [0.1, 0.15) is 27.7 Å². The predicted octanol–water partition coefficient (Wildman–Crippen LogP) is 3.85. The Labute approximate surface area is 133 Å². The van der Waals surface area contributed by atoms with Crippen molar-refractivity contribution in [2.45, 2.75) is 39.3 Å². The molecule has 0 unspecified atom stereocenters. The van der Waals surface area contributed by atoms with Crippen LogP contribution in [0.3, 0.4) is 0 Å². The monoisotopic (exact) mass is 332 g/mol. The molecular weight excluding hydrogens is 315 g/mol. The van der Waals surface area contributed by atoms with E-state index in [1.54, 1.807) is 45.9 Å². The lowest BCUT2D eigenvalue weighted by molar-refractivity contribution is -0.156. The van der Waals surface area contributed by atoms with Crippen LogP contribution in [0.4, 0.5) is 10.5 Å². The molecule has 0 saturated heterocycles. The molecule has 7 heteroatoms. The van der Waals surface area contributed by atoms with Crippen molar-refractivity contribution in [1.29, 1.82) is 0 Å². The highest BCUT2D eigenvalue weighted by Gasteiger charge is 2.22. The molecule has 0 fully saturated rings. The first-order valence-electron chi connectivity index (χ1n) is 6.33. The first-order valence-corrected chi connectivity index (χ1v) is 7.09. The zero-order valence-electron chi connectivity index (χ0n) is 12.3. The summed E-state index contributed by atoms with van der Waals surface area (Å²) in [4.78, 5) is 23.5. The number of ether oxygens (including phenoxy) is 1. The van der Waals surface area contributed by atoms with Crippen molar-refractivity contribution >= 4 is 40.9 Å². The van der Waals surface area contributed by atoms with Gasteiger partial charge >= 0.3 is 12.0 Å². The number of carbonyl (C=O) groups is 2. The second-order valence-electron chi connectivity index (χ2n) is 5.51. The molecule has 1 aromatic rings. The fraction of sp³-hybridized carbons (Fsp3) is 0.429. The van der Waals surface area contributed by atoms with Gasteiger partial charge in [-0.2, -0.15) is 0 Å². The van der Waals surface area contributed by atoms with Gasteiger partial charge in [0.1, 0.15) is 11.6 Å². The van der Waals surface area contributed by atoms with E-state index >= 15 is 0 Å². The van der Waals surface area contributed by atoms with Gasteiger partial charge in [0.05, 0.1) is 0 Å². The minimum Gasteiger partial charge on any atom is -0.458 e. The minimum absolute atomic E-state index is 0.401. The van der Waals surface area contributed by atoms with E-state index in [1.807, 2.05) is 0 Å². The Morgan fingerprint density at radius 3 is 2.14 bits per heavy atom. The molecule has 0 aliphatic heterocycles. The fourth-order valence-corrected chi connectivity index (χ4v) is 1.96. The molecule has 0 radical (unpaired) electrons. The van der Waals surface area contributed by atoms with Gasteiger partial charge in [-0.05, 0) is 45.9 Å². The minimum atomic E-state index is -0.779. The number of halogens is 2. The quantitative estimate of drug-likeness (QED) is 0.826. The molecule has 1 rings (SSSR count). The van der Waals surface area contributed by atoms with Gasteiger partial charge in [0.25, 0.3) is 0 Å². The van der Waals surface area contributed by atoms with E-state index in [0.717, 1.165) is 0 Å². The van der Waals surface area contributed by atoms with Crippen LogP contribution in [0.5, 0.6) is 0 Å². The van der Waals surface area contributed by atoms with Gasteiger partial charge in [-0.25, -0.2) is 9.59 Å². The smallest absolute Gasteiger partial charge is 0.328 e. The standard InChI is InChI=1S/C14H18Cl2N2O3/c1-8(12(19)21-14(2,3)4)17-13(20)18-11-6-9(15)5-10(16)7-11/h5-8H,1-4H3,(H2,17,18,20)/t8-/m1/s1. The Kier molecular flexibility index (Phi) is 5.87. The second kappa shape index (κ2) is 7.00. The highest BCUT2D eigenvalue weighted by Crippen LogP contribution is 2.22. The van der Waals surface area contributed by atoms with Crippen LogP contribution in [-0.2, 0) is 9.53 Å². The number of carbonyl (C=O) groups excluding carboxylic acids is 2. The molecule has 5 nitrogen and oxygen atoms in total. The zero-order valence-corrected chi connectivity index (χ0v) is 13.8. The lowest BCUT2D eigenvalue weighted by atomic mass is 10.2. The van der Waals surface area contributed by atoms with Crippen LogP contribution >= 0.6 is 23.2 Å². The third-order valence-corrected chi connectivity index (χ3v) is 2.66. The van der Waals surface area contributed by atoms with Crippen LogP contribution in [0.25, 0.3) is 0 Å². The fourth-order valence-electron chi connectivity index (χ4n) is 1.44. The van der Waals surface area contributed by atoms with Crippen LogP contribution in [0, 0.1) is 0 Å². The zero-order chi connectivity index (χ0) is 16.2. The van der Waals surface area contributed by atoms with Crippen molar-refractivity contribution in [3.63, 3.8) is 0 Å². The van der Waals surface area contributed by atoms with E-state index in [-0.39, 0.29) is 0 Å². The number of hydrogen-bond donors (Lipinski definition) is 2. The van der Waals surface area contributed by atoms with Gasteiger partial charge in [0.15, 0.2) is 0 Å². The molecule has 21 heavy (non-hydrogen) atoms. The van der Waals surface area contributed by atoms with E-state index in [2.05, 4.69) is 10.6 Å². The average molecular weight is 333 g/mol. The molecule has 1 aromatic carbocycles. The summed E-state index contributed by atoms with van der Waals surface area (Å²) in [5.74, 6) is -0.512. The Morgan fingerprint density at radius 2 is 1.67 bits per heavy atom. The van der Waals surface area contributed by atoms with Gasteiger partial charge in [-0.1, -0.05) is 23.2 Å². The second-order valence-corrected chi connectivity index (χ2v) is 6.38. The van der Waals surface area contributed by atoms with E-state index in [9.17, 15) is 9.59 Å². The maximum absolute atomic E-state index is 11.8. The maximum atomic E-state index is 11.8. The van der Waals surface area contributed by atoms with Crippen molar-refractivity contribution in [3.8, 4) is 0 Å². The van der Waals surface area contributed by atoms with Crippen molar-refractivity contribution < 1.29 is 14.3 Å². The van der Waals surface area contributed by atoms with Gasteiger partial charge in [-0.15, -0.1) is 0 Å². The molecule has 116 valence electrons. The number of urea groups is 1. The summed E-state index contributed by atoms with van der Waals surface area (Å²) in [5.41, 5.74) is -0.175. The molecule has 0 aromatic heterocycles. The van der Waals surface area contributed by atoms with Gasteiger partial charge in [0, 0.05) is 15.7 Å². The highest BCUT2D eigenvalue weighted by atomic mass is 35.5. The van der Waals surface area contributed by atoms with Crippen molar-refractivity contribution in [3.05, 3.63) is 28.2 Å². The van der Waals surface area contributed by atoms with Crippen molar-refractivity contribution in [1.82, 2.24) is 5.32 Å². The van der Waals surface area contributed by atoms with Crippen molar-refractivity contribution in [2.75, 3.05) is 5.32 Å². The van der Waals surface area contributed by atoms with Gasteiger partial charge < -0.3 is 15.4 Å². The summed E-state index contributed by atoms with van der Waals surface area (Å²) in [6.07, 6.45) is 0.